The Labute approximate surface area is 108 Å². The van der Waals surface area contributed by atoms with Crippen LogP contribution in [0.15, 0.2) is 24.3 Å². The number of carbonyl (C=O) groups is 1. The second-order valence-electron chi connectivity index (χ2n) is 5.28. The summed E-state index contributed by atoms with van der Waals surface area (Å²) in [6.45, 7) is 4.90. The Morgan fingerprint density at radius 1 is 1.17 bits per heavy atom. The average Bonchev–Trinajstić information content (AvgIpc) is 3.06. The molecule has 0 radical (unpaired) electrons. The number of para-hydroxylation sites is 1. The zero-order chi connectivity index (χ0) is 12.5. The molecule has 96 valence electrons. The second-order valence-corrected chi connectivity index (χ2v) is 5.28. The molecule has 0 bridgehead atoms. The van der Waals surface area contributed by atoms with Gasteiger partial charge < -0.3 is 9.80 Å². The molecular formula is C15H20N2O. The zero-order valence-electron chi connectivity index (χ0n) is 10.9. The van der Waals surface area contributed by atoms with Gasteiger partial charge in [0.05, 0.1) is 0 Å². The minimum absolute atomic E-state index is 0.0215. The van der Waals surface area contributed by atoms with Crippen molar-refractivity contribution in [1.82, 2.24) is 4.90 Å². The first-order valence-electron chi connectivity index (χ1n) is 6.91. The molecule has 1 saturated heterocycles. The third-order valence-corrected chi connectivity index (χ3v) is 4.17. The predicted octanol–water partition coefficient (Wildman–Crippen LogP) is 2.06. The lowest BCUT2D eigenvalue weighted by atomic mass is 10.1. The van der Waals surface area contributed by atoms with E-state index in [1.165, 1.54) is 11.3 Å². The number of nitrogens with zero attached hydrogens (tertiary/aromatic N) is 2. The first-order chi connectivity index (χ1) is 8.77. The van der Waals surface area contributed by atoms with E-state index in [9.17, 15) is 4.79 Å². The monoisotopic (exact) mass is 244 g/mol. The number of hydrogen-bond acceptors (Lipinski definition) is 2. The van der Waals surface area contributed by atoms with Gasteiger partial charge in [-0.05, 0) is 37.8 Å². The highest BCUT2D eigenvalue weighted by Gasteiger charge is 2.31. The zero-order valence-corrected chi connectivity index (χ0v) is 10.9. The standard InChI is InChI=1S/C15H20N2O/c1-12(15(18)16-9-4-5-10-16)17-11-8-13-6-2-3-7-14(13)17/h2-3,6-7,12H,4-5,8-11H2,1H3. The van der Waals surface area contributed by atoms with Crippen molar-refractivity contribution in [2.45, 2.75) is 32.2 Å². The number of likely N-dealkylation sites (tertiary alicyclic amines) is 1. The minimum Gasteiger partial charge on any atom is -0.359 e. The van der Waals surface area contributed by atoms with Crippen LogP contribution in [0.4, 0.5) is 5.69 Å². The highest BCUT2D eigenvalue weighted by atomic mass is 16.2. The molecule has 2 aliphatic heterocycles. The van der Waals surface area contributed by atoms with E-state index >= 15 is 0 Å². The van der Waals surface area contributed by atoms with E-state index in [4.69, 9.17) is 0 Å². The molecule has 3 rings (SSSR count). The summed E-state index contributed by atoms with van der Waals surface area (Å²) in [5.41, 5.74) is 2.62. The lowest BCUT2D eigenvalue weighted by molar-refractivity contribution is -0.131. The van der Waals surface area contributed by atoms with Crippen molar-refractivity contribution in [3.63, 3.8) is 0 Å². The maximum atomic E-state index is 12.4. The highest BCUT2D eigenvalue weighted by Crippen LogP contribution is 2.29. The number of benzene rings is 1. The van der Waals surface area contributed by atoms with Gasteiger partial charge in [-0.3, -0.25) is 4.79 Å². The van der Waals surface area contributed by atoms with Crippen LogP contribution < -0.4 is 4.90 Å². The molecule has 0 aliphatic carbocycles. The lowest BCUT2D eigenvalue weighted by Crippen LogP contribution is -2.45. The molecule has 3 heteroatoms. The van der Waals surface area contributed by atoms with Crippen LogP contribution in [0.2, 0.25) is 0 Å². The van der Waals surface area contributed by atoms with Crippen LogP contribution in [0.3, 0.4) is 0 Å². The molecule has 0 saturated carbocycles. The van der Waals surface area contributed by atoms with Gasteiger partial charge in [-0.15, -0.1) is 0 Å². The third kappa shape index (κ3) is 1.88. The second kappa shape index (κ2) is 4.63. The molecule has 1 fully saturated rings. The molecule has 3 nitrogen and oxygen atoms in total. The van der Waals surface area contributed by atoms with Crippen molar-refractivity contribution in [1.29, 1.82) is 0 Å². The van der Waals surface area contributed by atoms with Crippen LogP contribution in [0.1, 0.15) is 25.3 Å². The summed E-state index contributed by atoms with van der Waals surface area (Å²) >= 11 is 0. The van der Waals surface area contributed by atoms with E-state index in [0.717, 1.165) is 38.9 Å². The number of anilines is 1. The summed E-state index contributed by atoms with van der Waals surface area (Å²) in [6.07, 6.45) is 3.39. The maximum absolute atomic E-state index is 12.4. The van der Waals surface area contributed by atoms with Gasteiger partial charge in [0, 0.05) is 25.3 Å². The molecule has 0 spiro atoms. The summed E-state index contributed by atoms with van der Waals surface area (Å²) in [4.78, 5) is 16.7. The fraction of sp³-hybridized carbons (Fsp3) is 0.533. The van der Waals surface area contributed by atoms with E-state index in [0.29, 0.717) is 5.91 Å². The van der Waals surface area contributed by atoms with Gasteiger partial charge in [0.2, 0.25) is 5.91 Å². The molecule has 0 N–H and O–H groups in total. The minimum atomic E-state index is -0.0215. The van der Waals surface area contributed by atoms with Crippen LogP contribution in [-0.2, 0) is 11.2 Å². The molecule has 1 unspecified atom stereocenters. The predicted molar refractivity (Wildman–Crippen MR) is 72.8 cm³/mol. The van der Waals surface area contributed by atoms with Gasteiger partial charge in [0.15, 0.2) is 0 Å². The van der Waals surface area contributed by atoms with E-state index in [-0.39, 0.29) is 6.04 Å². The average molecular weight is 244 g/mol. The molecule has 18 heavy (non-hydrogen) atoms. The molecular weight excluding hydrogens is 224 g/mol. The van der Waals surface area contributed by atoms with Gasteiger partial charge in [-0.25, -0.2) is 0 Å². The first kappa shape index (κ1) is 11.6. The van der Waals surface area contributed by atoms with Gasteiger partial charge in [0.25, 0.3) is 0 Å². The molecule has 2 aliphatic rings. The lowest BCUT2D eigenvalue weighted by Gasteiger charge is -2.29. The van der Waals surface area contributed by atoms with Crippen molar-refractivity contribution >= 4 is 11.6 Å². The number of amides is 1. The molecule has 1 atom stereocenters. The maximum Gasteiger partial charge on any atom is 0.244 e. The Morgan fingerprint density at radius 3 is 2.67 bits per heavy atom. The largest absolute Gasteiger partial charge is 0.359 e. The van der Waals surface area contributed by atoms with Gasteiger partial charge in [0.1, 0.15) is 6.04 Å². The van der Waals surface area contributed by atoms with Crippen LogP contribution >= 0.6 is 0 Å². The fourth-order valence-corrected chi connectivity index (χ4v) is 3.10. The molecule has 1 aromatic rings. The summed E-state index contributed by atoms with van der Waals surface area (Å²) in [7, 11) is 0. The van der Waals surface area contributed by atoms with Gasteiger partial charge in [-0.1, -0.05) is 18.2 Å². The Morgan fingerprint density at radius 2 is 1.89 bits per heavy atom. The smallest absolute Gasteiger partial charge is 0.244 e. The third-order valence-electron chi connectivity index (χ3n) is 4.17. The number of fused-ring (bicyclic) bond motifs is 1. The van der Waals surface area contributed by atoms with Crippen molar-refractivity contribution in [2.24, 2.45) is 0 Å². The summed E-state index contributed by atoms with van der Waals surface area (Å²) in [5, 5.41) is 0. The normalized spacial score (nSPS) is 20.1. The number of carbonyl (C=O) groups excluding carboxylic acids is 1. The van der Waals surface area contributed by atoms with Crippen molar-refractivity contribution in [3.05, 3.63) is 29.8 Å². The fourth-order valence-electron chi connectivity index (χ4n) is 3.10. The van der Waals surface area contributed by atoms with Crippen LogP contribution in [0, 0.1) is 0 Å². The molecule has 1 amide bonds. The quantitative estimate of drug-likeness (QED) is 0.795. The van der Waals surface area contributed by atoms with Gasteiger partial charge in [-0.2, -0.15) is 0 Å². The van der Waals surface area contributed by atoms with E-state index in [1.807, 2.05) is 11.8 Å². The van der Waals surface area contributed by atoms with Crippen LogP contribution in [0.25, 0.3) is 0 Å². The summed E-state index contributed by atoms with van der Waals surface area (Å²) in [6, 6.07) is 8.42. The number of hydrogen-bond donors (Lipinski definition) is 0. The van der Waals surface area contributed by atoms with E-state index in [1.54, 1.807) is 0 Å². The summed E-state index contributed by atoms with van der Waals surface area (Å²) in [5.74, 6) is 0.296. The van der Waals surface area contributed by atoms with Crippen molar-refractivity contribution < 1.29 is 4.79 Å². The number of rotatable bonds is 2. The Bertz CT molecular complexity index is 452. The highest BCUT2D eigenvalue weighted by molar-refractivity contribution is 5.86. The van der Waals surface area contributed by atoms with Gasteiger partial charge >= 0.3 is 0 Å². The SMILES string of the molecule is CC(C(=O)N1CCCC1)N1CCc2ccccc21. The van der Waals surface area contributed by atoms with Crippen molar-refractivity contribution in [3.8, 4) is 0 Å². The molecule has 2 heterocycles. The van der Waals surface area contributed by atoms with E-state index < -0.39 is 0 Å². The van der Waals surface area contributed by atoms with Crippen LogP contribution in [-0.4, -0.2) is 36.5 Å². The van der Waals surface area contributed by atoms with Crippen molar-refractivity contribution in [2.75, 3.05) is 24.5 Å². The molecule has 1 aromatic carbocycles. The molecule has 0 aromatic heterocycles. The Hall–Kier alpha value is -1.51. The summed E-state index contributed by atoms with van der Waals surface area (Å²) < 4.78 is 0. The Kier molecular flexibility index (Phi) is 2.98. The van der Waals surface area contributed by atoms with E-state index in [2.05, 4.69) is 29.2 Å². The first-order valence-corrected chi connectivity index (χ1v) is 6.91. The van der Waals surface area contributed by atoms with Crippen LogP contribution in [0.5, 0.6) is 0 Å². The Balaban J connectivity index is 1.77. The topological polar surface area (TPSA) is 23.6 Å².